The molecule has 4 aliphatic rings. The van der Waals surface area contributed by atoms with Crippen molar-refractivity contribution in [2.75, 3.05) is 19.7 Å². The van der Waals surface area contributed by atoms with Crippen LogP contribution in [0.1, 0.15) is 43.9 Å². The number of carbonyl (C=O) groups excluding carboxylic acids is 4. The molecular formula is C36H40BrN3O7. The lowest BCUT2D eigenvalue weighted by molar-refractivity contribution is -0.161. The Balaban J connectivity index is 1.46. The van der Waals surface area contributed by atoms with Gasteiger partial charge in [0.1, 0.15) is 29.8 Å². The number of carbonyl (C=O) groups is 4. The van der Waals surface area contributed by atoms with Crippen molar-refractivity contribution in [1.29, 1.82) is 0 Å². The van der Waals surface area contributed by atoms with Gasteiger partial charge in [-0.2, -0.15) is 0 Å². The van der Waals surface area contributed by atoms with Crippen molar-refractivity contribution < 1.29 is 33.8 Å². The normalized spacial score (nSPS) is 31.0. The number of fused-ring (bicyclic) bond motifs is 2. The summed E-state index contributed by atoms with van der Waals surface area (Å²) >= 11 is 3.59. The van der Waals surface area contributed by atoms with E-state index in [1.54, 1.807) is 11.0 Å². The number of benzene rings is 2. The fraction of sp³-hybridized carbons (Fsp3) is 0.444. The van der Waals surface area contributed by atoms with Crippen molar-refractivity contribution in [3.8, 4) is 0 Å². The van der Waals surface area contributed by atoms with Gasteiger partial charge in [-0.15, -0.1) is 0 Å². The fourth-order valence-corrected chi connectivity index (χ4v) is 8.07. The van der Waals surface area contributed by atoms with Crippen LogP contribution in [0.2, 0.25) is 0 Å². The van der Waals surface area contributed by atoms with Gasteiger partial charge in [-0.25, -0.2) is 0 Å². The third-order valence-electron chi connectivity index (χ3n) is 9.66. The predicted octanol–water partition coefficient (Wildman–Crippen LogP) is 3.66. The zero-order chi connectivity index (χ0) is 33.3. The van der Waals surface area contributed by atoms with E-state index < -0.39 is 53.6 Å². The maximum Gasteiger partial charge on any atom is 0.313 e. The number of nitrogens with one attached hydrogen (secondary N) is 1. The van der Waals surface area contributed by atoms with Crippen molar-refractivity contribution in [3.05, 3.63) is 94.5 Å². The molecule has 1 spiro atoms. The van der Waals surface area contributed by atoms with Crippen LogP contribution in [0.3, 0.4) is 0 Å². The molecule has 10 nitrogen and oxygen atoms in total. The molecule has 47 heavy (non-hydrogen) atoms. The summed E-state index contributed by atoms with van der Waals surface area (Å²) in [5, 5.41) is 13.5. The van der Waals surface area contributed by atoms with Crippen LogP contribution in [0.15, 0.2) is 83.4 Å². The minimum Gasteiger partial charge on any atom is -0.455 e. The van der Waals surface area contributed by atoms with Crippen molar-refractivity contribution in [1.82, 2.24) is 15.1 Å². The number of ether oxygens (including phenoxy) is 2. The molecule has 0 aliphatic carbocycles. The first kappa shape index (κ1) is 33.1. The number of nitrogens with zero attached hydrogens (tertiary/aromatic N) is 2. The summed E-state index contributed by atoms with van der Waals surface area (Å²) < 4.78 is 13.3. The number of rotatable bonds is 6. The largest absolute Gasteiger partial charge is 0.455 e. The molecule has 2 N–H and O–H groups in total. The summed E-state index contributed by atoms with van der Waals surface area (Å²) in [7, 11) is 0. The highest BCUT2D eigenvalue weighted by molar-refractivity contribution is 9.11. The number of hydrogen-bond acceptors (Lipinski definition) is 7. The Morgan fingerprint density at radius 1 is 1.00 bits per heavy atom. The number of aliphatic hydroxyl groups is 1. The number of allylic oxidation sites excluding steroid dienone is 1. The summed E-state index contributed by atoms with van der Waals surface area (Å²) in [4.78, 5) is 59.7. The van der Waals surface area contributed by atoms with Crippen LogP contribution in [0.4, 0.5) is 0 Å². The van der Waals surface area contributed by atoms with Crippen LogP contribution in [-0.2, 0) is 35.2 Å². The fourth-order valence-electron chi connectivity index (χ4n) is 7.34. The lowest BCUT2D eigenvalue weighted by Gasteiger charge is -2.40. The maximum atomic E-state index is 14.9. The quantitative estimate of drug-likeness (QED) is 0.347. The van der Waals surface area contributed by atoms with E-state index in [4.69, 9.17) is 9.47 Å². The van der Waals surface area contributed by atoms with Gasteiger partial charge in [-0.3, -0.25) is 19.2 Å². The first-order valence-corrected chi connectivity index (χ1v) is 16.9. The van der Waals surface area contributed by atoms with Gasteiger partial charge in [-0.05, 0) is 29.5 Å². The van der Waals surface area contributed by atoms with E-state index in [2.05, 4.69) is 21.2 Å². The van der Waals surface area contributed by atoms with Crippen LogP contribution in [-0.4, -0.2) is 82.1 Å². The Morgan fingerprint density at radius 2 is 1.70 bits per heavy atom. The van der Waals surface area contributed by atoms with Crippen molar-refractivity contribution in [2.45, 2.75) is 63.1 Å². The SMILES string of the molecule is CC(C)[C@H](CO)N1C(=O)[C@@H]2[C@H]3C(=O)O[C@@H](c4ccccc4)CNC(=O)CC/C=C\CN(Cc4ccccc4)C(=O)[C@@H]1[C@]21C=C(Br)[C@H]3O1. The van der Waals surface area contributed by atoms with Gasteiger partial charge in [0.05, 0.1) is 25.1 Å². The highest BCUT2D eigenvalue weighted by atomic mass is 79.9. The lowest BCUT2D eigenvalue weighted by Crippen LogP contribution is -2.59. The van der Waals surface area contributed by atoms with E-state index in [1.807, 2.05) is 86.7 Å². The summed E-state index contributed by atoms with van der Waals surface area (Å²) in [6, 6.07) is 16.8. The molecule has 2 saturated heterocycles. The first-order valence-electron chi connectivity index (χ1n) is 16.1. The Morgan fingerprint density at radius 3 is 2.38 bits per heavy atom. The van der Waals surface area contributed by atoms with Crippen LogP contribution in [0.25, 0.3) is 0 Å². The van der Waals surface area contributed by atoms with Gasteiger partial charge in [-0.1, -0.05) is 103 Å². The molecule has 0 aromatic heterocycles. The summed E-state index contributed by atoms with van der Waals surface area (Å²) in [6.45, 7) is 3.94. The highest BCUT2D eigenvalue weighted by Gasteiger charge is 2.75. The third-order valence-corrected chi connectivity index (χ3v) is 10.3. The Kier molecular flexibility index (Phi) is 9.68. The van der Waals surface area contributed by atoms with E-state index in [-0.39, 0.29) is 50.4 Å². The molecule has 2 aromatic rings. The van der Waals surface area contributed by atoms with E-state index in [9.17, 15) is 24.3 Å². The van der Waals surface area contributed by atoms with Gasteiger partial charge < -0.3 is 29.7 Å². The molecule has 3 amide bonds. The van der Waals surface area contributed by atoms with Crippen molar-refractivity contribution in [3.63, 3.8) is 0 Å². The van der Waals surface area contributed by atoms with Crippen LogP contribution >= 0.6 is 15.9 Å². The molecule has 248 valence electrons. The van der Waals surface area contributed by atoms with Crippen molar-refractivity contribution in [2.24, 2.45) is 17.8 Å². The molecule has 6 rings (SSSR count). The Labute approximate surface area is 282 Å². The number of esters is 1. The Bertz CT molecular complexity index is 1560. The number of amides is 3. The molecule has 7 atom stereocenters. The highest BCUT2D eigenvalue weighted by Crippen LogP contribution is 2.59. The average Bonchev–Trinajstić information content (AvgIpc) is 3.66. The predicted molar refractivity (Wildman–Crippen MR) is 176 cm³/mol. The molecule has 0 unspecified atom stereocenters. The minimum atomic E-state index is -1.47. The molecular weight excluding hydrogens is 666 g/mol. The van der Waals surface area contributed by atoms with Crippen LogP contribution < -0.4 is 5.32 Å². The smallest absolute Gasteiger partial charge is 0.313 e. The van der Waals surface area contributed by atoms with Gasteiger partial charge >= 0.3 is 5.97 Å². The molecule has 2 fully saturated rings. The summed E-state index contributed by atoms with van der Waals surface area (Å²) in [6.07, 6.45) is 4.49. The van der Waals surface area contributed by atoms with Gasteiger partial charge in [0.2, 0.25) is 17.7 Å². The molecule has 4 aliphatic heterocycles. The topological polar surface area (TPSA) is 125 Å². The van der Waals surface area contributed by atoms with E-state index in [0.717, 1.165) is 5.56 Å². The molecule has 11 heteroatoms. The van der Waals surface area contributed by atoms with Gasteiger partial charge in [0.15, 0.2) is 0 Å². The zero-order valence-electron chi connectivity index (χ0n) is 26.5. The number of aliphatic hydroxyl groups excluding tert-OH is 1. The second kappa shape index (κ2) is 13.7. The third kappa shape index (κ3) is 6.16. The number of hydrogen-bond donors (Lipinski definition) is 2. The molecule has 0 saturated carbocycles. The first-order chi connectivity index (χ1) is 22.7. The van der Waals surface area contributed by atoms with Crippen molar-refractivity contribution >= 4 is 39.6 Å². The maximum absolute atomic E-state index is 14.9. The summed E-state index contributed by atoms with van der Waals surface area (Å²) in [5.41, 5.74) is 0.123. The van der Waals surface area contributed by atoms with E-state index in [0.29, 0.717) is 16.5 Å². The zero-order valence-corrected chi connectivity index (χ0v) is 28.0. The standard InChI is InChI=1S/C36H40BrN3O7/c1-22(2)26(21-41)40-32-34(44)39(20-23-12-6-3-7-13-23)17-11-5-10-16-28(42)38-19-27(24-14-8-4-9-15-24)46-35(45)29-30(33(40)43)36(32)18-25(37)31(29)47-36/h3-9,11-15,18,22,26-27,29-32,41H,10,16-17,19-21H2,1-2H3,(H,38,42)/b11-5-/t26-,27+,29+,30-,31+,32+,36-/m0/s1. The number of cyclic esters (lactones) is 1. The number of halogens is 1. The van der Waals surface area contributed by atoms with Gasteiger partial charge in [0, 0.05) is 24.0 Å². The van der Waals surface area contributed by atoms with Gasteiger partial charge in [0.25, 0.3) is 0 Å². The van der Waals surface area contributed by atoms with Crippen LogP contribution in [0, 0.1) is 17.8 Å². The second-order valence-corrected chi connectivity index (χ2v) is 13.8. The molecule has 2 aromatic carbocycles. The lowest BCUT2D eigenvalue weighted by atomic mass is 9.74. The Hall–Kier alpha value is -3.80. The second-order valence-electron chi connectivity index (χ2n) is 12.9. The summed E-state index contributed by atoms with van der Waals surface area (Å²) in [5.74, 6) is -3.96. The number of likely N-dealkylation sites (tertiary alicyclic amines) is 1. The van der Waals surface area contributed by atoms with E-state index >= 15 is 0 Å². The average molecular weight is 707 g/mol. The molecule has 5 bridgehead atoms. The van der Waals surface area contributed by atoms with Crippen LogP contribution in [0.5, 0.6) is 0 Å². The molecule has 4 heterocycles. The van der Waals surface area contributed by atoms with E-state index in [1.165, 1.54) is 4.90 Å². The monoisotopic (exact) mass is 705 g/mol. The minimum absolute atomic E-state index is 0.0509. The molecule has 0 radical (unpaired) electrons.